The first kappa shape index (κ1) is 10.9. The summed E-state index contributed by atoms with van der Waals surface area (Å²) in [6.45, 7) is 5.74. The van der Waals surface area contributed by atoms with Crippen molar-refractivity contribution in [3.05, 3.63) is 23.8 Å². The van der Waals surface area contributed by atoms with Crippen LogP contribution in [0.2, 0.25) is 0 Å². The Bertz CT molecular complexity index is 287. The molecule has 0 saturated heterocycles. The molecule has 0 aromatic heterocycles. The van der Waals surface area contributed by atoms with E-state index in [0.717, 1.165) is 17.1 Å². The van der Waals surface area contributed by atoms with E-state index in [-0.39, 0.29) is 0 Å². The van der Waals surface area contributed by atoms with Crippen LogP contribution in [0.25, 0.3) is 0 Å². The third-order valence-corrected chi connectivity index (χ3v) is 1.83. The van der Waals surface area contributed by atoms with Crippen LogP contribution in [0.4, 0.5) is 0 Å². The van der Waals surface area contributed by atoms with E-state index >= 15 is 0 Å². The molecule has 0 heterocycles. The summed E-state index contributed by atoms with van der Waals surface area (Å²) in [6.07, 6.45) is 0. The third-order valence-electron chi connectivity index (χ3n) is 1.83. The van der Waals surface area contributed by atoms with Crippen LogP contribution in [-0.2, 0) is 0 Å². The highest BCUT2D eigenvalue weighted by molar-refractivity contribution is 5.39. The Balaban J connectivity index is 2.68. The lowest BCUT2D eigenvalue weighted by Gasteiger charge is -2.09. The molecule has 1 aromatic rings. The first-order chi connectivity index (χ1) is 6.77. The SMILES string of the molecule is CCOc1ccc(OCCN)cc1C. The van der Waals surface area contributed by atoms with Crippen LogP contribution in [-0.4, -0.2) is 19.8 Å². The summed E-state index contributed by atoms with van der Waals surface area (Å²) in [5.41, 5.74) is 6.43. The maximum atomic E-state index is 5.42. The predicted octanol–water partition coefficient (Wildman–Crippen LogP) is 1.73. The minimum Gasteiger partial charge on any atom is -0.494 e. The average molecular weight is 195 g/mol. The van der Waals surface area contributed by atoms with Crippen LogP contribution in [0.15, 0.2) is 18.2 Å². The van der Waals surface area contributed by atoms with Crippen molar-refractivity contribution in [2.24, 2.45) is 5.73 Å². The van der Waals surface area contributed by atoms with Crippen molar-refractivity contribution < 1.29 is 9.47 Å². The van der Waals surface area contributed by atoms with Gasteiger partial charge in [-0.05, 0) is 37.6 Å². The van der Waals surface area contributed by atoms with Crippen molar-refractivity contribution >= 4 is 0 Å². The normalized spacial score (nSPS) is 9.93. The molecular weight excluding hydrogens is 178 g/mol. The lowest BCUT2D eigenvalue weighted by Crippen LogP contribution is -2.10. The molecule has 14 heavy (non-hydrogen) atoms. The van der Waals surface area contributed by atoms with E-state index in [4.69, 9.17) is 15.2 Å². The van der Waals surface area contributed by atoms with Gasteiger partial charge in [0.25, 0.3) is 0 Å². The number of hydrogen-bond donors (Lipinski definition) is 1. The zero-order chi connectivity index (χ0) is 10.4. The van der Waals surface area contributed by atoms with Gasteiger partial charge in [0.2, 0.25) is 0 Å². The highest BCUT2D eigenvalue weighted by Gasteiger charge is 2.00. The van der Waals surface area contributed by atoms with Crippen molar-refractivity contribution in [2.45, 2.75) is 13.8 Å². The van der Waals surface area contributed by atoms with E-state index in [1.165, 1.54) is 0 Å². The van der Waals surface area contributed by atoms with Gasteiger partial charge in [0, 0.05) is 6.54 Å². The molecule has 0 aliphatic heterocycles. The minimum atomic E-state index is 0.534. The first-order valence-corrected chi connectivity index (χ1v) is 4.84. The molecule has 0 bridgehead atoms. The van der Waals surface area contributed by atoms with E-state index in [1.807, 2.05) is 32.0 Å². The van der Waals surface area contributed by atoms with E-state index in [1.54, 1.807) is 0 Å². The Morgan fingerprint density at radius 3 is 2.64 bits per heavy atom. The molecule has 0 amide bonds. The molecule has 0 spiro atoms. The standard InChI is InChI=1S/C11H17NO2/c1-3-13-11-5-4-10(8-9(11)2)14-7-6-12/h4-5,8H,3,6-7,12H2,1-2H3. The van der Waals surface area contributed by atoms with E-state index in [0.29, 0.717) is 19.8 Å². The van der Waals surface area contributed by atoms with Gasteiger partial charge in [-0.1, -0.05) is 0 Å². The monoisotopic (exact) mass is 195 g/mol. The smallest absolute Gasteiger partial charge is 0.122 e. The van der Waals surface area contributed by atoms with Gasteiger partial charge in [-0.2, -0.15) is 0 Å². The van der Waals surface area contributed by atoms with Gasteiger partial charge in [0.05, 0.1) is 6.61 Å². The Morgan fingerprint density at radius 1 is 1.29 bits per heavy atom. The number of rotatable bonds is 5. The second-order valence-corrected chi connectivity index (χ2v) is 3.00. The molecule has 3 nitrogen and oxygen atoms in total. The molecule has 78 valence electrons. The van der Waals surface area contributed by atoms with Gasteiger partial charge < -0.3 is 15.2 Å². The second kappa shape index (κ2) is 5.50. The van der Waals surface area contributed by atoms with E-state index in [9.17, 15) is 0 Å². The van der Waals surface area contributed by atoms with E-state index in [2.05, 4.69) is 0 Å². The average Bonchev–Trinajstić information content (AvgIpc) is 2.19. The molecule has 1 rings (SSSR count). The molecule has 0 aliphatic carbocycles. The summed E-state index contributed by atoms with van der Waals surface area (Å²) in [6, 6.07) is 5.78. The number of ether oxygens (including phenoxy) is 2. The summed E-state index contributed by atoms with van der Waals surface area (Å²) in [7, 11) is 0. The molecule has 0 aliphatic rings. The fraction of sp³-hybridized carbons (Fsp3) is 0.455. The minimum absolute atomic E-state index is 0.534. The topological polar surface area (TPSA) is 44.5 Å². The highest BCUT2D eigenvalue weighted by Crippen LogP contribution is 2.23. The maximum Gasteiger partial charge on any atom is 0.122 e. The number of aryl methyl sites for hydroxylation is 1. The Morgan fingerprint density at radius 2 is 2.07 bits per heavy atom. The van der Waals surface area contributed by atoms with Crippen molar-refractivity contribution in [3.8, 4) is 11.5 Å². The van der Waals surface area contributed by atoms with Crippen LogP contribution >= 0.6 is 0 Å². The fourth-order valence-electron chi connectivity index (χ4n) is 1.21. The largest absolute Gasteiger partial charge is 0.494 e. The molecule has 0 unspecified atom stereocenters. The molecular formula is C11H17NO2. The van der Waals surface area contributed by atoms with Crippen LogP contribution in [0.3, 0.4) is 0 Å². The lowest BCUT2D eigenvalue weighted by atomic mass is 10.2. The quantitative estimate of drug-likeness (QED) is 0.778. The molecule has 2 N–H and O–H groups in total. The highest BCUT2D eigenvalue weighted by atomic mass is 16.5. The molecule has 0 fully saturated rings. The number of nitrogens with two attached hydrogens (primary N) is 1. The molecule has 0 radical (unpaired) electrons. The van der Waals surface area contributed by atoms with Crippen molar-refractivity contribution in [1.29, 1.82) is 0 Å². The second-order valence-electron chi connectivity index (χ2n) is 3.00. The van der Waals surface area contributed by atoms with Crippen LogP contribution in [0.5, 0.6) is 11.5 Å². The summed E-state index contributed by atoms with van der Waals surface area (Å²) >= 11 is 0. The van der Waals surface area contributed by atoms with Crippen LogP contribution in [0.1, 0.15) is 12.5 Å². The zero-order valence-corrected chi connectivity index (χ0v) is 8.75. The zero-order valence-electron chi connectivity index (χ0n) is 8.75. The van der Waals surface area contributed by atoms with Crippen molar-refractivity contribution in [3.63, 3.8) is 0 Å². The van der Waals surface area contributed by atoms with Crippen molar-refractivity contribution in [1.82, 2.24) is 0 Å². The Kier molecular flexibility index (Phi) is 4.26. The van der Waals surface area contributed by atoms with E-state index < -0.39 is 0 Å². The maximum absolute atomic E-state index is 5.42. The number of hydrogen-bond acceptors (Lipinski definition) is 3. The lowest BCUT2D eigenvalue weighted by molar-refractivity contribution is 0.322. The Labute approximate surface area is 84.8 Å². The van der Waals surface area contributed by atoms with Gasteiger partial charge in [0.1, 0.15) is 18.1 Å². The van der Waals surface area contributed by atoms with Crippen LogP contribution < -0.4 is 15.2 Å². The molecule has 3 heteroatoms. The number of benzene rings is 1. The third kappa shape index (κ3) is 2.92. The van der Waals surface area contributed by atoms with Gasteiger partial charge in [-0.25, -0.2) is 0 Å². The van der Waals surface area contributed by atoms with Gasteiger partial charge in [-0.15, -0.1) is 0 Å². The van der Waals surface area contributed by atoms with Gasteiger partial charge >= 0.3 is 0 Å². The molecule has 0 atom stereocenters. The van der Waals surface area contributed by atoms with Crippen LogP contribution in [0, 0.1) is 6.92 Å². The summed E-state index contributed by atoms with van der Waals surface area (Å²) in [5.74, 6) is 1.75. The van der Waals surface area contributed by atoms with Gasteiger partial charge in [0.15, 0.2) is 0 Å². The molecule has 0 saturated carbocycles. The summed E-state index contributed by atoms with van der Waals surface area (Å²) in [4.78, 5) is 0. The first-order valence-electron chi connectivity index (χ1n) is 4.84. The molecule has 1 aromatic carbocycles. The van der Waals surface area contributed by atoms with Crippen molar-refractivity contribution in [2.75, 3.05) is 19.8 Å². The predicted molar refractivity (Wildman–Crippen MR) is 56.9 cm³/mol. The summed E-state index contributed by atoms with van der Waals surface area (Å²) in [5, 5.41) is 0. The fourth-order valence-corrected chi connectivity index (χ4v) is 1.21. The Hall–Kier alpha value is -1.22. The summed E-state index contributed by atoms with van der Waals surface area (Å²) < 4.78 is 10.8. The van der Waals surface area contributed by atoms with Gasteiger partial charge in [-0.3, -0.25) is 0 Å².